The van der Waals surface area contributed by atoms with Gasteiger partial charge >= 0.3 is 0 Å². The fraction of sp³-hybridized carbons (Fsp3) is 0.350. The van der Waals surface area contributed by atoms with Crippen molar-refractivity contribution in [3.63, 3.8) is 0 Å². The zero-order valence-electron chi connectivity index (χ0n) is 14.9. The highest BCUT2D eigenvalue weighted by atomic mass is 79.9. The van der Waals surface area contributed by atoms with Crippen LogP contribution in [0.4, 0.5) is 0 Å². The van der Waals surface area contributed by atoms with Gasteiger partial charge in [0.15, 0.2) is 0 Å². The Balaban J connectivity index is 1.71. The number of hydrogen-bond acceptors (Lipinski definition) is 4. The van der Waals surface area contributed by atoms with Gasteiger partial charge in [0, 0.05) is 27.5 Å². The lowest BCUT2D eigenvalue weighted by atomic mass is 10.0. The molecule has 1 amide bonds. The molecule has 4 nitrogen and oxygen atoms in total. The van der Waals surface area contributed by atoms with Crippen LogP contribution in [0.15, 0.2) is 51.8 Å². The summed E-state index contributed by atoms with van der Waals surface area (Å²) in [6, 6.07) is 13.9. The molecule has 0 saturated carbocycles. The number of ether oxygens (including phenoxy) is 2. The van der Waals surface area contributed by atoms with Crippen molar-refractivity contribution in [1.82, 2.24) is 4.90 Å². The lowest BCUT2D eigenvalue weighted by Gasteiger charge is -2.26. The summed E-state index contributed by atoms with van der Waals surface area (Å²) in [6.07, 6.45) is 1.96. The summed E-state index contributed by atoms with van der Waals surface area (Å²) < 4.78 is 11.9. The third-order valence-electron chi connectivity index (χ3n) is 4.55. The molecule has 26 heavy (non-hydrogen) atoms. The van der Waals surface area contributed by atoms with Crippen LogP contribution in [0.2, 0.25) is 0 Å². The molecule has 6 heteroatoms. The number of hydrogen-bond donors (Lipinski definition) is 0. The molecule has 0 bridgehead atoms. The van der Waals surface area contributed by atoms with Crippen molar-refractivity contribution in [2.45, 2.75) is 23.8 Å². The smallest absolute Gasteiger partial charge is 0.233 e. The maximum atomic E-state index is 12.8. The standard InChI is InChI=1S/C20H22BrNO3S/c1-24-15-7-10-17(19(12-15)25-2)18-4-3-11-22(18)20(23)13-26-16-8-5-14(21)6-9-16/h5-10,12,18H,3-4,11,13H2,1-2H3/t18-/m1/s1. The molecule has 0 unspecified atom stereocenters. The van der Waals surface area contributed by atoms with E-state index in [0.717, 1.165) is 45.8 Å². The Labute approximate surface area is 167 Å². The van der Waals surface area contributed by atoms with Gasteiger partial charge in [0.2, 0.25) is 5.91 Å². The number of nitrogens with zero attached hydrogens (tertiary/aromatic N) is 1. The van der Waals surface area contributed by atoms with E-state index >= 15 is 0 Å². The third kappa shape index (κ3) is 4.35. The maximum Gasteiger partial charge on any atom is 0.233 e. The number of rotatable bonds is 6. The molecular weight excluding hydrogens is 414 g/mol. The highest BCUT2D eigenvalue weighted by Crippen LogP contribution is 2.39. The minimum atomic E-state index is 0.0638. The molecule has 0 aliphatic carbocycles. The summed E-state index contributed by atoms with van der Waals surface area (Å²) in [7, 11) is 3.29. The van der Waals surface area contributed by atoms with E-state index in [2.05, 4.69) is 15.9 Å². The molecule has 1 fully saturated rings. The van der Waals surface area contributed by atoms with Gasteiger partial charge in [-0.25, -0.2) is 0 Å². The van der Waals surface area contributed by atoms with Crippen LogP contribution in [-0.4, -0.2) is 37.3 Å². The molecule has 3 rings (SSSR count). The van der Waals surface area contributed by atoms with Gasteiger partial charge < -0.3 is 14.4 Å². The second kappa shape index (κ2) is 8.82. The Morgan fingerprint density at radius 1 is 1.19 bits per heavy atom. The van der Waals surface area contributed by atoms with Crippen molar-refractivity contribution >= 4 is 33.6 Å². The predicted molar refractivity (Wildman–Crippen MR) is 108 cm³/mol. The molecule has 1 aliphatic rings. The van der Waals surface area contributed by atoms with E-state index in [4.69, 9.17) is 9.47 Å². The Bertz CT molecular complexity index is 766. The van der Waals surface area contributed by atoms with Crippen LogP contribution >= 0.6 is 27.7 Å². The number of amides is 1. The van der Waals surface area contributed by atoms with Gasteiger partial charge in [0.1, 0.15) is 11.5 Å². The molecule has 0 radical (unpaired) electrons. The van der Waals surface area contributed by atoms with E-state index < -0.39 is 0 Å². The van der Waals surface area contributed by atoms with Crippen LogP contribution in [0.25, 0.3) is 0 Å². The van der Waals surface area contributed by atoms with E-state index in [1.807, 2.05) is 47.4 Å². The van der Waals surface area contributed by atoms with Gasteiger partial charge in [-0.2, -0.15) is 0 Å². The lowest BCUT2D eigenvalue weighted by molar-refractivity contribution is -0.129. The van der Waals surface area contributed by atoms with E-state index in [9.17, 15) is 4.79 Å². The minimum absolute atomic E-state index is 0.0638. The number of benzene rings is 2. The maximum absolute atomic E-state index is 12.8. The zero-order chi connectivity index (χ0) is 18.5. The van der Waals surface area contributed by atoms with Crippen molar-refractivity contribution in [3.05, 3.63) is 52.5 Å². The minimum Gasteiger partial charge on any atom is -0.497 e. The summed E-state index contributed by atoms with van der Waals surface area (Å²) in [4.78, 5) is 15.9. The molecule has 2 aromatic rings. The van der Waals surface area contributed by atoms with Gasteiger partial charge in [-0.15, -0.1) is 11.8 Å². The first-order chi connectivity index (χ1) is 12.6. The van der Waals surface area contributed by atoms with E-state index in [0.29, 0.717) is 5.75 Å². The number of thioether (sulfide) groups is 1. The summed E-state index contributed by atoms with van der Waals surface area (Å²) in [6.45, 7) is 0.791. The second-order valence-corrected chi connectivity index (χ2v) is 8.06. The zero-order valence-corrected chi connectivity index (χ0v) is 17.3. The first kappa shape index (κ1) is 19.1. The number of carbonyl (C=O) groups excluding carboxylic acids is 1. The average Bonchev–Trinajstić information content (AvgIpc) is 3.16. The van der Waals surface area contributed by atoms with Crippen molar-refractivity contribution in [1.29, 1.82) is 0 Å². The third-order valence-corrected chi connectivity index (χ3v) is 6.07. The number of likely N-dealkylation sites (tertiary alicyclic amines) is 1. The molecule has 0 spiro atoms. The molecular formula is C20H22BrNO3S. The first-order valence-corrected chi connectivity index (χ1v) is 10.3. The van der Waals surface area contributed by atoms with Crippen LogP contribution in [0.1, 0.15) is 24.4 Å². The predicted octanol–water partition coefficient (Wildman–Crippen LogP) is 4.92. The fourth-order valence-corrected chi connectivity index (χ4v) is 4.29. The fourth-order valence-electron chi connectivity index (χ4n) is 3.24. The average molecular weight is 436 g/mol. The molecule has 1 heterocycles. The number of halogens is 1. The molecule has 1 atom stereocenters. The molecule has 2 aromatic carbocycles. The first-order valence-electron chi connectivity index (χ1n) is 8.52. The highest BCUT2D eigenvalue weighted by molar-refractivity contribution is 9.10. The molecule has 0 aromatic heterocycles. The summed E-state index contributed by atoms with van der Waals surface area (Å²) >= 11 is 5.01. The summed E-state index contributed by atoms with van der Waals surface area (Å²) in [5, 5.41) is 0. The monoisotopic (exact) mass is 435 g/mol. The van der Waals surface area contributed by atoms with Crippen LogP contribution in [0, 0.1) is 0 Å². The summed E-state index contributed by atoms with van der Waals surface area (Å²) in [5.74, 6) is 2.14. The topological polar surface area (TPSA) is 38.8 Å². The Hall–Kier alpha value is -1.66. The molecule has 1 saturated heterocycles. The van der Waals surface area contributed by atoms with Crippen LogP contribution < -0.4 is 9.47 Å². The van der Waals surface area contributed by atoms with Crippen molar-refractivity contribution in [3.8, 4) is 11.5 Å². The summed E-state index contributed by atoms with van der Waals surface area (Å²) in [5.41, 5.74) is 1.05. The normalized spacial score (nSPS) is 16.6. The second-order valence-electron chi connectivity index (χ2n) is 6.10. The number of methoxy groups -OCH3 is 2. The van der Waals surface area contributed by atoms with E-state index in [1.54, 1.807) is 26.0 Å². The van der Waals surface area contributed by atoms with E-state index in [1.165, 1.54) is 0 Å². The molecule has 1 aliphatic heterocycles. The number of carbonyl (C=O) groups is 1. The lowest BCUT2D eigenvalue weighted by Crippen LogP contribution is -2.32. The van der Waals surface area contributed by atoms with Gasteiger partial charge in [0.25, 0.3) is 0 Å². The van der Waals surface area contributed by atoms with Crippen LogP contribution in [-0.2, 0) is 4.79 Å². The van der Waals surface area contributed by atoms with Crippen LogP contribution in [0.5, 0.6) is 11.5 Å². The Morgan fingerprint density at radius 2 is 1.96 bits per heavy atom. The highest BCUT2D eigenvalue weighted by Gasteiger charge is 2.31. The van der Waals surface area contributed by atoms with Crippen molar-refractivity contribution in [2.24, 2.45) is 0 Å². The Kier molecular flexibility index (Phi) is 6.48. The SMILES string of the molecule is COc1ccc([C@H]2CCCN2C(=O)CSc2ccc(Br)cc2)c(OC)c1. The van der Waals surface area contributed by atoms with Gasteiger partial charge in [-0.1, -0.05) is 15.9 Å². The van der Waals surface area contributed by atoms with Crippen molar-refractivity contribution in [2.75, 3.05) is 26.5 Å². The Morgan fingerprint density at radius 3 is 2.65 bits per heavy atom. The quantitative estimate of drug-likeness (QED) is 0.603. The largest absolute Gasteiger partial charge is 0.497 e. The van der Waals surface area contributed by atoms with Crippen LogP contribution in [0.3, 0.4) is 0 Å². The van der Waals surface area contributed by atoms with Crippen molar-refractivity contribution < 1.29 is 14.3 Å². The molecule has 0 N–H and O–H groups in total. The van der Waals surface area contributed by atoms with E-state index in [-0.39, 0.29) is 11.9 Å². The van der Waals surface area contributed by atoms with Gasteiger partial charge in [0.05, 0.1) is 26.0 Å². The molecule has 138 valence electrons. The van der Waals surface area contributed by atoms with Gasteiger partial charge in [-0.05, 0) is 49.2 Å². The van der Waals surface area contributed by atoms with Gasteiger partial charge in [-0.3, -0.25) is 4.79 Å².